The minimum atomic E-state index is -0.231. The molecule has 0 unspecified atom stereocenters. The van der Waals surface area contributed by atoms with Crippen molar-refractivity contribution < 1.29 is 4.79 Å². The van der Waals surface area contributed by atoms with Crippen molar-refractivity contribution in [1.29, 1.82) is 0 Å². The number of amides is 1. The summed E-state index contributed by atoms with van der Waals surface area (Å²) in [5, 5.41) is 13.8. The molecule has 3 rings (SSSR count). The van der Waals surface area contributed by atoms with Gasteiger partial charge in [0.2, 0.25) is 0 Å². The smallest absolute Gasteiger partial charge is 0.261 e. The number of benzene rings is 1. The fourth-order valence-electron chi connectivity index (χ4n) is 2.54. The Bertz CT molecular complexity index is 924. The van der Waals surface area contributed by atoms with Crippen LogP contribution in [0.3, 0.4) is 0 Å². The second-order valence-electron chi connectivity index (χ2n) is 5.79. The number of nitrogens with two attached hydrogens (primary N) is 1. The number of aryl methyl sites for hydroxylation is 1. The highest BCUT2D eigenvalue weighted by Crippen LogP contribution is 2.25. The summed E-state index contributed by atoms with van der Waals surface area (Å²) in [7, 11) is 1.81. The molecule has 0 saturated heterocycles. The number of aromatic nitrogens is 3. The van der Waals surface area contributed by atoms with E-state index in [2.05, 4.69) is 15.6 Å². The largest absolute Gasteiger partial charge is 0.347 e. The van der Waals surface area contributed by atoms with Gasteiger partial charge >= 0.3 is 0 Å². The van der Waals surface area contributed by atoms with Crippen LogP contribution in [0.1, 0.15) is 15.2 Å². The van der Waals surface area contributed by atoms with Crippen LogP contribution in [0.25, 0.3) is 11.3 Å². The number of nitrogens with one attached hydrogen (secondary N) is 1. The number of thiophene rings is 1. The maximum absolute atomic E-state index is 12.6. The lowest BCUT2D eigenvalue weighted by Crippen LogP contribution is -2.41. The molecule has 3 aromatic rings. The molecule has 1 aromatic carbocycles. The van der Waals surface area contributed by atoms with E-state index < -0.39 is 0 Å². The molecule has 6 nitrogen and oxygen atoms in total. The van der Waals surface area contributed by atoms with Crippen molar-refractivity contribution in [2.75, 3.05) is 6.54 Å². The van der Waals surface area contributed by atoms with Crippen LogP contribution in [0.4, 0.5) is 0 Å². The Morgan fingerprint density at radius 1 is 1.38 bits per heavy atom. The van der Waals surface area contributed by atoms with Gasteiger partial charge in [0.15, 0.2) is 0 Å². The predicted molar refractivity (Wildman–Crippen MR) is 105 cm³/mol. The lowest BCUT2D eigenvalue weighted by atomic mass is 10.1. The van der Waals surface area contributed by atoms with Gasteiger partial charge in [-0.05, 0) is 30.2 Å². The molecule has 0 aliphatic rings. The predicted octanol–water partition coefficient (Wildman–Crippen LogP) is 3.15. The molecule has 0 radical (unpaired) electrons. The monoisotopic (exact) mass is 409 g/mol. The number of carbonyl (C=O) groups excluding carboxylic acids is 1. The Labute approximate surface area is 164 Å². The first kappa shape index (κ1) is 18.8. The van der Waals surface area contributed by atoms with Crippen LogP contribution in [0.15, 0.2) is 35.8 Å². The summed E-state index contributed by atoms with van der Waals surface area (Å²) < 4.78 is 1.66. The molecule has 0 bridgehead atoms. The van der Waals surface area contributed by atoms with Crippen LogP contribution in [-0.2, 0) is 13.5 Å². The third-order valence-electron chi connectivity index (χ3n) is 3.93. The van der Waals surface area contributed by atoms with Gasteiger partial charge in [-0.3, -0.25) is 4.79 Å². The summed E-state index contributed by atoms with van der Waals surface area (Å²) in [6.45, 7) is 0.300. The van der Waals surface area contributed by atoms with Crippen molar-refractivity contribution in [3.8, 4) is 11.3 Å². The second-order valence-corrected chi connectivity index (χ2v) is 7.54. The van der Waals surface area contributed by atoms with Gasteiger partial charge in [0.25, 0.3) is 5.91 Å². The summed E-state index contributed by atoms with van der Waals surface area (Å²) in [4.78, 5) is 13.2. The van der Waals surface area contributed by atoms with Gasteiger partial charge in [-0.1, -0.05) is 34.5 Å². The molecule has 3 N–H and O–H groups in total. The molecule has 9 heteroatoms. The Balaban J connectivity index is 1.70. The molecular formula is C17H17Cl2N5OS. The average Bonchev–Trinajstić information content (AvgIpc) is 3.25. The van der Waals surface area contributed by atoms with Gasteiger partial charge in [-0.15, -0.1) is 16.4 Å². The maximum atomic E-state index is 12.6. The molecule has 0 fully saturated rings. The van der Waals surface area contributed by atoms with E-state index in [0.717, 1.165) is 16.8 Å². The Kier molecular flexibility index (Phi) is 5.93. The Hall–Kier alpha value is -1.93. The normalized spacial score (nSPS) is 12.2. The zero-order chi connectivity index (χ0) is 18.7. The third kappa shape index (κ3) is 4.24. The summed E-state index contributed by atoms with van der Waals surface area (Å²) in [5.41, 5.74) is 8.47. The molecular weight excluding hydrogens is 393 g/mol. The van der Waals surface area contributed by atoms with E-state index in [0.29, 0.717) is 27.9 Å². The van der Waals surface area contributed by atoms with E-state index >= 15 is 0 Å². The standard InChI is InChI=1S/C17H17Cl2N5OS/c1-24-15(8-21-23-24)11-5-16(26-9-11)17(25)22-13(7-20)4-10-2-3-12(18)6-14(10)19/h2-3,5-6,8-9,13H,4,7,20H2,1H3,(H,22,25)/t13-/m0/s1. The van der Waals surface area contributed by atoms with Crippen LogP contribution in [0.5, 0.6) is 0 Å². The Morgan fingerprint density at radius 3 is 2.85 bits per heavy atom. The number of rotatable bonds is 6. The van der Waals surface area contributed by atoms with Gasteiger partial charge in [-0.25, -0.2) is 4.68 Å². The van der Waals surface area contributed by atoms with Gasteiger partial charge in [0.05, 0.1) is 16.8 Å². The first-order valence-electron chi connectivity index (χ1n) is 7.86. The van der Waals surface area contributed by atoms with Crippen LogP contribution >= 0.6 is 34.5 Å². The zero-order valence-electron chi connectivity index (χ0n) is 13.9. The zero-order valence-corrected chi connectivity index (χ0v) is 16.3. The van der Waals surface area contributed by atoms with Crippen LogP contribution in [0.2, 0.25) is 10.0 Å². The maximum Gasteiger partial charge on any atom is 0.261 e. The van der Waals surface area contributed by atoms with Crippen molar-refractivity contribution >= 4 is 40.4 Å². The number of hydrogen-bond donors (Lipinski definition) is 2. The van der Waals surface area contributed by atoms with Crippen LogP contribution in [-0.4, -0.2) is 33.5 Å². The third-order valence-corrected chi connectivity index (χ3v) is 5.45. The van der Waals surface area contributed by atoms with Crippen molar-refractivity contribution in [1.82, 2.24) is 20.3 Å². The Morgan fingerprint density at radius 2 is 2.19 bits per heavy atom. The summed E-state index contributed by atoms with van der Waals surface area (Å²) in [5.74, 6) is -0.170. The molecule has 0 spiro atoms. The molecule has 136 valence electrons. The molecule has 1 atom stereocenters. The summed E-state index contributed by atoms with van der Waals surface area (Å²) in [6, 6.07) is 6.89. The van der Waals surface area contributed by atoms with E-state index in [1.54, 1.807) is 30.1 Å². The molecule has 0 aliphatic carbocycles. The van der Waals surface area contributed by atoms with E-state index in [9.17, 15) is 4.79 Å². The highest BCUT2D eigenvalue weighted by Gasteiger charge is 2.17. The van der Waals surface area contributed by atoms with E-state index in [1.165, 1.54) is 11.3 Å². The quantitative estimate of drug-likeness (QED) is 0.654. The fraction of sp³-hybridized carbons (Fsp3) is 0.235. The molecule has 26 heavy (non-hydrogen) atoms. The minimum absolute atomic E-state index is 0.170. The average molecular weight is 410 g/mol. The molecule has 0 saturated carbocycles. The van der Waals surface area contributed by atoms with E-state index in [1.807, 2.05) is 17.5 Å². The first-order chi connectivity index (χ1) is 12.5. The van der Waals surface area contributed by atoms with Gasteiger partial charge in [0, 0.05) is 40.6 Å². The van der Waals surface area contributed by atoms with Crippen molar-refractivity contribution in [2.24, 2.45) is 12.8 Å². The van der Waals surface area contributed by atoms with E-state index in [-0.39, 0.29) is 11.9 Å². The molecule has 2 aromatic heterocycles. The minimum Gasteiger partial charge on any atom is -0.347 e. The molecule has 2 heterocycles. The lowest BCUT2D eigenvalue weighted by molar-refractivity contribution is 0.0942. The van der Waals surface area contributed by atoms with Crippen molar-refractivity contribution in [3.63, 3.8) is 0 Å². The SMILES string of the molecule is Cn1nncc1-c1csc(C(=O)N[C@H](CN)Cc2ccc(Cl)cc2Cl)c1. The topological polar surface area (TPSA) is 85.8 Å². The van der Waals surface area contributed by atoms with E-state index in [4.69, 9.17) is 28.9 Å². The highest BCUT2D eigenvalue weighted by molar-refractivity contribution is 7.12. The fourth-order valence-corrected chi connectivity index (χ4v) is 3.83. The molecule has 0 aliphatic heterocycles. The first-order valence-corrected chi connectivity index (χ1v) is 9.50. The van der Waals surface area contributed by atoms with Gasteiger partial charge in [0.1, 0.15) is 0 Å². The summed E-state index contributed by atoms with van der Waals surface area (Å²) in [6.07, 6.45) is 2.19. The molecule has 1 amide bonds. The van der Waals surface area contributed by atoms with Crippen molar-refractivity contribution in [3.05, 3.63) is 56.3 Å². The van der Waals surface area contributed by atoms with Gasteiger partial charge in [-0.2, -0.15) is 0 Å². The van der Waals surface area contributed by atoms with Gasteiger partial charge < -0.3 is 11.1 Å². The number of carbonyl (C=O) groups is 1. The number of nitrogens with zero attached hydrogens (tertiary/aromatic N) is 3. The highest BCUT2D eigenvalue weighted by atomic mass is 35.5. The van der Waals surface area contributed by atoms with Crippen LogP contribution < -0.4 is 11.1 Å². The summed E-state index contributed by atoms with van der Waals surface area (Å²) >= 11 is 13.5. The van der Waals surface area contributed by atoms with Crippen molar-refractivity contribution in [2.45, 2.75) is 12.5 Å². The lowest BCUT2D eigenvalue weighted by Gasteiger charge is -2.17. The number of hydrogen-bond acceptors (Lipinski definition) is 5. The second kappa shape index (κ2) is 8.18. The van der Waals surface area contributed by atoms with Crippen LogP contribution in [0, 0.1) is 0 Å². The number of halogens is 2.